The molecule has 27 heavy (non-hydrogen) atoms. The van der Waals surface area contributed by atoms with E-state index < -0.39 is 0 Å². The molecular formula is C18H28N4O5. The number of H-pyrrole nitrogens is 2. The Balaban J connectivity index is 1.42. The van der Waals surface area contributed by atoms with Crippen LogP contribution in [0.15, 0.2) is 4.79 Å². The van der Waals surface area contributed by atoms with Crippen molar-refractivity contribution in [3.63, 3.8) is 0 Å². The average Bonchev–Trinajstić information content (AvgIpc) is 3.23. The lowest BCUT2D eigenvalue weighted by Crippen LogP contribution is -2.47. The van der Waals surface area contributed by atoms with Gasteiger partial charge in [0.1, 0.15) is 6.10 Å². The van der Waals surface area contributed by atoms with E-state index in [1.807, 2.05) is 0 Å². The Morgan fingerprint density at radius 3 is 2.52 bits per heavy atom. The zero-order chi connectivity index (χ0) is 19.4. The van der Waals surface area contributed by atoms with Crippen LogP contribution in [0.25, 0.3) is 0 Å². The van der Waals surface area contributed by atoms with E-state index in [9.17, 15) is 14.4 Å². The molecule has 1 aromatic heterocycles. The van der Waals surface area contributed by atoms with Gasteiger partial charge >= 0.3 is 0 Å². The molecule has 9 nitrogen and oxygen atoms in total. The first-order valence-corrected chi connectivity index (χ1v) is 9.44. The fourth-order valence-electron chi connectivity index (χ4n) is 3.83. The normalized spacial score (nSPS) is 28.1. The van der Waals surface area contributed by atoms with E-state index in [1.54, 1.807) is 14.0 Å². The van der Waals surface area contributed by atoms with E-state index in [-0.39, 0.29) is 47.9 Å². The van der Waals surface area contributed by atoms with Gasteiger partial charge in [-0.2, -0.15) is 0 Å². The van der Waals surface area contributed by atoms with Crippen molar-refractivity contribution in [3.8, 4) is 0 Å². The summed E-state index contributed by atoms with van der Waals surface area (Å²) < 4.78 is 10.7. The molecule has 0 bridgehead atoms. The molecule has 2 aliphatic rings. The highest BCUT2D eigenvalue weighted by atomic mass is 16.5. The fourth-order valence-corrected chi connectivity index (χ4v) is 3.83. The van der Waals surface area contributed by atoms with E-state index >= 15 is 0 Å². The Morgan fingerprint density at radius 2 is 1.89 bits per heavy atom. The number of aromatic amines is 2. The monoisotopic (exact) mass is 380 g/mol. The van der Waals surface area contributed by atoms with Crippen LogP contribution in [0.5, 0.6) is 0 Å². The zero-order valence-corrected chi connectivity index (χ0v) is 15.8. The molecule has 3 rings (SSSR count). The van der Waals surface area contributed by atoms with Gasteiger partial charge in [-0.1, -0.05) is 0 Å². The van der Waals surface area contributed by atoms with Gasteiger partial charge in [0.25, 0.3) is 5.56 Å². The summed E-state index contributed by atoms with van der Waals surface area (Å²) in [6.07, 6.45) is 2.93. The van der Waals surface area contributed by atoms with E-state index in [4.69, 9.17) is 9.47 Å². The maximum absolute atomic E-state index is 12.5. The van der Waals surface area contributed by atoms with Crippen LogP contribution in [0.2, 0.25) is 0 Å². The van der Waals surface area contributed by atoms with Crippen molar-refractivity contribution in [1.82, 2.24) is 20.8 Å². The molecule has 2 amide bonds. The number of methoxy groups -OCH3 is 1. The lowest BCUT2D eigenvalue weighted by molar-refractivity contribution is -0.127. The van der Waals surface area contributed by atoms with Crippen molar-refractivity contribution in [2.45, 2.75) is 57.2 Å². The van der Waals surface area contributed by atoms with Crippen LogP contribution in [0.1, 0.15) is 36.9 Å². The second kappa shape index (κ2) is 8.71. The van der Waals surface area contributed by atoms with Gasteiger partial charge in [-0.3, -0.25) is 19.5 Å². The summed E-state index contributed by atoms with van der Waals surface area (Å²) in [5.74, 6) is -0.181. The Hall–Kier alpha value is -2.13. The molecular weight excluding hydrogens is 352 g/mol. The lowest BCUT2D eigenvalue weighted by Gasteiger charge is -2.29. The standard InChI is InChI=1S/C18H28N4O5/c1-10-13(18(25)22-21-10)7-16(23)19-12-5-3-11(4-6-12)17(24)20-14-8-27-9-15(14)26-2/h11-12,14-15H,3-9H2,1-2H3,(H,19,23)(H,20,24)(H2,21,22,25)/t11?,12?,14-,15-/m0/s1. The number of carbonyl (C=O) groups is 2. The van der Waals surface area contributed by atoms with Gasteiger partial charge in [0, 0.05) is 30.3 Å². The van der Waals surface area contributed by atoms with Gasteiger partial charge in [-0.25, -0.2) is 0 Å². The van der Waals surface area contributed by atoms with Gasteiger partial charge in [-0.05, 0) is 32.6 Å². The zero-order valence-electron chi connectivity index (χ0n) is 15.8. The average molecular weight is 380 g/mol. The largest absolute Gasteiger partial charge is 0.377 e. The third-order valence-electron chi connectivity index (χ3n) is 5.55. The van der Waals surface area contributed by atoms with Crippen LogP contribution < -0.4 is 16.2 Å². The topological polar surface area (TPSA) is 125 Å². The summed E-state index contributed by atoms with van der Waals surface area (Å²) in [4.78, 5) is 36.3. The van der Waals surface area contributed by atoms with Crippen LogP contribution in [0.3, 0.4) is 0 Å². The number of hydrogen-bond acceptors (Lipinski definition) is 5. The van der Waals surface area contributed by atoms with Gasteiger partial charge in [-0.15, -0.1) is 0 Å². The minimum Gasteiger partial charge on any atom is -0.377 e. The van der Waals surface area contributed by atoms with Gasteiger partial charge in [0.2, 0.25) is 11.8 Å². The molecule has 1 aromatic rings. The number of hydrogen-bond donors (Lipinski definition) is 4. The first-order valence-electron chi connectivity index (χ1n) is 9.44. The second-order valence-corrected chi connectivity index (χ2v) is 7.40. The molecule has 1 saturated heterocycles. The first-order chi connectivity index (χ1) is 13.0. The molecule has 0 radical (unpaired) electrons. The SMILES string of the molecule is CO[C@H]1COC[C@@H]1NC(=O)C1CCC(NC(=O)Cc2c(C)[nH][nH]c2=O)CC1. The van der Waals surface area contributed by atoms with Crippen molar-refractivity contribution in [2.75, 3.05) is 20.3 Å². The number of aryl methyl sites for hydroxylation is 1. The third-order valence-corrected chi connectivity index (χ3v) is 5.55. The van der Waals surface area contributed by atoms with Crippen LogP contribution in [-0.4, -0.2) is 60.5 Å². The molecule has 4 N–H and O–H groups in total. The van der Waals surface area contributed by atoms with Crippen molar-refractivity contribution in [3.05, 3.63) is 21.6 Å². The predicted octanol–water partition coefficient (Wildman–Crippen LogP) is -0.241. The molecule has 0 spiro atoms. The number of amides is 2. The van der Waals surface area contributed by atoms with Gasteiger partial charge in [0.05, 0.1) is 25.7 Å². The predicted molar refractivity (Wildman–Crippen MR) is 97.3 cm³/mol. The first kappa shape index (κ1) is 19.6. The molecule has 9 heteroatoms. The molecule has 2 fully saturated rings. The maximum Gasteiger partial charge on any atom is 0.267 e. The van der Waals surface area contributed by atoms with Crippen LogP contribution in [-0.2, 0) is 25.5 Å². The summed E-state index contributed by atoms with van der Waals surface area (Å²) in [5.41, 5.74) is 0.890. The number of ether oxygens (including phenoxy) is 2. The number of carbonyl (C=O) groups excluding carboxylic acids is 2. The van der Waals surface area contributed by atoms with Crippen molar-refractivity contribution in [1.29, 1.82) is 0 Å². The Kier molecular flexibility index (Phi) is 6.33. The van der Waals surface area contributed by atoms with Crippen LogP contribution in [0.4, 0.5) is 0 Å². The molecule has 150 valence electrons. The fraction of sp³-hybridized carbons (Fsp3) is 0.722. The van der Waals surface area contributed by atoms with E-state index in [1.165, 1.54) is 0 Å². The maximum atomic E-state index is 12.5. The summed E-state index contributed by atoms with van der Waals surface area (Å²) in [7, 11) is 1.62. The smallest absolute Gasteiger partial charge is 0.267 e. The summed E-state index contributed by atoms with van der Waals surface area (Å²) in [6, 6.07) is -0.0518. The molecule has 1 aliphatic heterocycles. The number of nitrogens with one attached hydrogen (secondary N) is 4. The van der Waals surface area contributed by atoms with Crippen molar-refractivity contribution >= 4 is 11.8 Å². The quantitative estimate of drug-likeness (QED) is 0.542. The number of rotatable bonds is 6. The van der Waals surface area contributed by atoms with Crippen LogP contribution >= 0.6 is 0 Å². The summed E-state index contributed by atoms with van der Waals surface area (Å²) in [6.45, 7) is 2.74. The molecule has 0 aromatic carbocycles. The molecule has 1 aliphatic carbocycles. The molecule has 1 saturated carbocycles. The second-order valence-electron chi connectivity index (χ2n) is 7.40. The number of aromatic nitrogens is 2. The van der Waals surface area contributed by atoms with Gasteiger partial charge < -0.3 is 25.2 Å². The highest BCUT2D eigenvalue weighted by Gasteiger charge is 2.33. The lowest BCUT2D eigenvalue weighted by atomic mass is 9.85. The van der Waals surface area contributed by atoms with Crippen molar-refractivity contribution in [2.24, 2.45) is 5.92 Å². The Bertz CT molecular complexity index is 720. The van der Waals surface area contributed by atoms with E-state index in [0.717, 1.165) is 25.7 Å². The molecule has 2 atom stereocenters. The van der Waals surface area contributed by atoms with Crippen LogP contribution in [0, 0.1) is 12.8 Å². The Labute approximate surface area is 157 Å². The third kappa shape index (κ3) is 4.78. The highest BCUT2D eigenvalue weighted by Crippen LogP contribution is 2.25. The molecule has 2 heterocycles. The Morgan fingerprint density at radius 1 is 1.15 bits per heavy atom. The van der Waals surface area contributed by atoms with Crippen molar-refractivity contribution < 1.29 is 19.1 Å². The van der Waals surface area contributed by atoms with E-state index in [2.05, 4.69) is 20.8 Å². The highest BCUT2D eigenvalue weighted by molar-refractivity contribution is 5.80. The summed E-state index contributed by atoms with van der Waals surface area (Å²) in [5, 5.41) is 11.2. The minimum absolute atomic E-state index is 0.0341. The van der Waals surface area contributed by atoms with E-state index in [0.29, 0.717) is 24.5 Å². The summed E-state index contributed by atoms with van der Waals surface area (Å²) >= 11 is 0. The molecule has 0 unspecified atom stereocenters. The minimum atomic E-state index is -0.256. The van der Waals surface area contributed by atoms with Gasteiger partial charge in [0.15, 0.2) is 0 Å².